The number of imidazole rings is 1. The number of piperazine rings is 1. The van der Waals surface area contributed by atoms with Gasteiger partial charge in [-0.05, 0) is 54.8 Å². The lowest BCUT2D eigenvalue weighted by atomic mass is 10.0. The summed E-state index contributed by atoms with van der Waals surface area (Å²) in [5.74, 6) is -0.152. The van der Waals surface area contributed by atoms with Crippen LogP contribution in [0.5, 0.6) is 0 Å². The molecule has 0 saturated carbocycles. The number of benzene rings is 1. The Kier molecular flexibility index (Phi) is 9.27. The number of likely N-dealkylation sites (tertiary alicyclic amines) is 1. The summed E-state index contributed by atoms with van der Waals surface area (Å²) in [6.07, 6.45) is 5.07. The van der Waals surface area contributed by atoms with E-state index in [1.807, 2.05) is 24.3 Å². The minimum absolute atomic E-state index is 0.152. The highest BCUT2D eigenvalue weighted by molar-refractivity contribution is 5.87. The van der Waals surface area contributed by atoms with Gasteiger partial charge in [-0.1, -0.05) is 12.1 Å². The Bertz CT molecular complexity index is 1730. The molecule has 0 unspecified atom stereocenters. The maximum atomic E-state index is 13.8. The van der Waals surface area contributed by atoms with Gasteiger partial charge in [-0.25, -0.2) is 9.59 Å². The fourth-order valence-corrected chi connectivity index (χ4v) is 6.19. The molecule has 3 aromatic heterocycles. The third-order valence-corrected chi connectivity index (χ3v) is 8.79. The van der Waals surface area contributed by atoms with E-state index < -0.39 is 23.5 Å². The molecule has 0 bridgehead atoms. The Morgan fingerprint density at radius 2 is 1.55 bits per heavy atom. The van der Waals surface area contributed by atoms with Gasteiger partial charge in [0, 0.05) is 94.0 Å². The molecule has 246 valence electrons. The average Bonchev–Trinajstić information content (AvgIpc) is 3.49. The summed E-state index contributed by atoms with van der Waals surface area (Å²) in [5.41, 5.74) is 1.25. The summed E-state index contributed by atoms with van der Waals surface area (Å²) in [4.78, 5) is 56.5. The van der Waals surface area contributed by atoms with Crippen LogP contribution in [0.1, 0.15) is 30.0 Å². The number of nitrogens with zero attached hydrogens (tertiary/aromatic N) is 6. The molecule has 2 fully saturated rings. The number of carbonyl (C=O) groups excluding carboxylic acids is 2. The number of anilines is 1. The molecule has 2 aliphatic rings. The van der Waals surface area contributed by atoms with Crippen molar-refractivity contribution in [2.24, 2.45) is 0 Å². The fraction of sp³-hybridized carbons (Fsp3) is 0.364. The molecule has 47 heavy (non-hydrogen) atoms. The minimum atomic E-state index is -4.50. The smallest absolute Gasteiger partial charge is 0.368 e. The summed E-state index contributed by atoms with van der Waals surface area (Å²) in [6, 6.07) is 10.9. The topological polar surface area (TPSA) is 119 Å². The number of aromatic nitrogens is 4. The number of rotatable bonds is 7. The van der Waals surface area contributed by atoms with Crippen molar-refractivity contribution < 1.29 is 22.8 Å². The maximum absolute atomic E-state index is 13.8. The summed E-state index contributed by atoms with van der Waals surface area (Å²) in [7, 11) is 0. The highest BCUT2D eigenvalue weighted by Crippen LogP contribution is 2.32. The monoisotopic (exact) mass is 648 g/mol. The van der Waals surface area contributed by atoms with E-state index in [-0.39, 0.29) is 23.5 Å². The van der Waals surface area contributed by atoms with Gasteiger partial charge < -0.3 is 25.0 Å². The first-order valence-corrected chi connectivity index (χ1v) is 15.5. The molecule has 4 aromatic rings. The lowest BCUT2D eigenvalue weighted by molar-refractivity contribution is -0.137. The quantitative estimate of drug-likeness (QED) is 0.313. The number of piperidine rings is 1. The van der Waals surface area contributed by atoms with Crippen LogP contribution >= 0.6 is 0 Å². The van der Waals surface area contributed by atoms with Gasteiger partial charge in [-0.15, -0.1) is 0 Å². The van der Waals surface area contributed by atoms with Gasteiger partial charge in [0.25, 0.3) is 0 Å². The van der Waals surface area contributed by atoms with E-state index in [1.54, 1.807) is 34.6 Å². The van der Waals surface area contributed by atoms with Gasteiger partial charge in [0.15, 0.2) is 0 Å². The van der Waals surface area contributed by atoms with Gasteiger partial charge in [0.2, 0.25) is 5.91 Å². The standard InChI is InChI=1S/C33H35F3N8O3/c34-33(35,36)25-3-1-2-24(21-25)29-22-44(32(47)40-29)27-8-14-43(15-9-27)31(46)39-28(20-23-4-10-37-11-5-23)30(45)42-18-16-41(17-19-42)26-6-12-38-13-7-26/h1-7,10-13,21-22,27-28H,8-9,14-20H2,(H,39,46)(H,40,47)/t28-/m1/s1. The Balaban J connectivity index is 1.09. The third kappa shape index (κ3) is 7.47. The molecule has 1 aromatic carbocycles. The first-order chi connectivity index (χ1) is 22.7. The van der Waals surface area contributed by atoms with Gasteiger partial charge in [0.1, 0.15) is 6.04 Å². The van der Waals surface area contributed by atoms with Crippen molar-refractivity contribution in [3.63, 3.8) is 0 Å². The van der Waals surface area contributed by atoms with Crippen molar-refractivity contribution in [3.05, 3.63) is 101 Å². The summed E-state index contributed by atoms with van der Waals surface area (Å²) in [6.45, 7) is 3.04. The molecule has 0 aliphatic carbocycles. The first-order valence-electron chi connectivity index (χ1n) is 15.5. The van der Waals surface area contributed by atoms with Gasteiger partial charge in [-0.3, -0.25) is 19.3 Å². The maximum Gasteiger partial charge on any atom is 0.416 e. The highest BCUT2D eigenvalue weighted by atomic mass is 19.4. The number of hydrogen-bond acceptors (Lipinski definition) is 6. The number of aromatic amines is 1. The van der Waals surface area contributed by atoms with E-state index in [1.165, 1.54) is 22.9 Å². The number of halogens is 3. The van der Waals surface area contributed by atoms with E-state index in [2.05, 4.69) is 25.2 Å². The van der Waals surface area contributed by atoms with Crippen LogP contribution in [0.2, 0.25) is 0 Å². The molecule has 3 amide bonds. The molecule has 5 heterocycles. The molecule has 14 heteroatoms. The normalized spacial score (nSPS) is 16.6. The first kappa shape index (κ1) is 31.8. The molecule has 2 N–H and O–H groups in total. The largest absolute Gasteiger partial charge is 0.416 e. The number of amides is 3. The third-order valence-electron chi connectivity index (χ3n) is 8.79. The predicted octanol–water partition coefficient (Wildman–Crippen LogP) is 3.96. The van der Waals surface area contributed by atoms with Crippen LogP contribution in [0.4, 0.5) is 23.7 Å². The number of hydrogen-bond donors (Lipinski definition) is 2. The number of carbonyl (C=O) groups is 2. The van der Waals surface area contributed by atoms with E-state index in [4.69, 9.17) is 0 Å². The average molecular weight is 649 g/mol. The molecule has 6 rings (SSSR count). The van der Waals surface area contributed by atoms with E-state index in [0.29, 0.717) is 64.2 Å². The van der Waals surface area contributed by atoms with Crippen LogP contribution < -0.4 is 15.9 Å². The molecule has 2 aliphatic heterocycles. The Hall–Kier alpha value is -5.14. The van der Waals surface area contributed by atoms with Crippen LogP contribution in [-0.4, -0.2) is 86.6 Å². The summed E-state index contributed by atoms with van der Waals surface area (Å²) >= 11 is 0. The highest BCUT2D eigenvalue weighted by Gasteiger charge is 2.33. The van der Waals surface area contributed by atoms with Crippen LogP contribution in [0.3, 0.4) is 0 Å². The van der Waals surface area contributed by atoms with Crippen LogP contribution in [-0.2, 0) is 17.4 Å². The second kappa shape index (κ2) is 13.7. The van der Waals surface area contributed by atoms with Gasteiger partial charge in [-0.2, -0.15) is 13.2 Å². The fourth-order valence-electron chi connectivity index (χ4n) is 6.19. The number of urea groups is 1. The summed E-state index contributed by atoms with van der Waals surface area (Å²) in [5, 5.41) is 2.97. The zero-order valence-electron chi connectivity index (χ0n) is 25.6. The molecule has 0 spiro atoms. The summed E-state index contributed by atoms with van der Waals surface area (Å²) < 4.78 is 41.2. The van der Waals surface area contributed by atoms with E-state index in [9.17, 15) is 27.6 Å². The second-order valence-corrected chi connectivity index (χ2v) is 11.8. The van der Waals surface area contributed by atoms with Crippen LogP contribution in [0.15, 0.2) is 84.3 Å². The Morgan fingerprint density at radius 1 is 0.894 bits per heavy atom. The zero-order valence-corrected chi connectivity index (χ0v) is 25.6. The van der Waals surface area contributed by atoms with Crippen LogP contribution in [0, 0.1) is 0 Å². The van der Waals surface area contributed by atoms with Crippen molar-refractivity contribution in [2.75, 3.05) is 44.2 Å². The van der Waals surface area contributed by atoms with E-state index >= 15 is 0 Å². The Morgan fingerprint density at radius 3 is 2.21 bits per heavy atom. The molecule has 11 nitrogen and oxygen atoms in total. The van der Waals surface area contributed by atoms with Crippen molar-refractivity contribution in [3.8, 4) is 11.3 Å². The van der Waals surface area contributed by atoms with Crippen molar-refractivity contribution in [1.82, 2.24) is 34.6 Å². The van der Waals surface area contributed by atoms with Gasteiger partial charge in [0.05, 0.1) is 11.3 Å². The molecular weight excluding hydrogens is 613 g/mol. The second-order valence-electron chi connectivity index (χ2n) is 11.8. The van der Waals surface area contributed by atoms with Crippen molar-refractivity contribution >= 4 is 17.6 Å². The number of pyridine rings is 2. The Labute approximate surface area is 269 Å². The zero-order chi connectivity index (χ0) is 33.0. The molecular formula is C33H35F3N8O3. The van der Waals surface area contributed by atoms with Crippen LogP contribution in [0.25, 0.3) is 11.3 Å². The number of alkyl halides is 3. The van der Waals surface area contributed by atoms with Crippen molar-refractivity contribution in [1.29, 1.82) is 0 Å². The SMILES string of the molecule is O=C(N[C@H](Cc1ccncc1)C(=O)N1CCN(c2ccncc2)CC1)N1CCC(n2cc(-c3cccc(C(F)(F)F)c3)[nH]c2=O)CC1. The lowest BCUT2D eigenvalue weighted by Gasteiger charge is -2.38. The minimum Gasteiger partial charge on any atom is -0.368 e. The molecule has 2 saturated heterocycles. The number of H-pyrrole nitrogens is 1. The number of nitrogens with one attached hydrogen (secondary N) is 2. The van der Waals surface area contributed by atoms with Crippen molar-refractivity contribution in [2.45, 2.75) is 37.5 Å². The molecule has 0 radical (unpaired) electrons. The lowest BCUT2D eigenvalue weighted by Crippen LogP contribution is -2.57. The van der Waals surface area contributed by atoms with E-state index in [0.717, 1.165) is 23.4 Å². The molecule has 1 atom stereocenters. The van der Waals surface area contributed by atoms with Gasteiger partial charge >= 0.3 is 17.9 Å². The predicted molar refractivity (Wildman–Crippen MR) is 169 cm³/mol.